The summed E-state index contributed by atoms with van der Waals surface area (Å²) >= 11 is 1.08. The van der Waals surface area contributed by atoms with Crippen molar-refractivity contribution in [3.05, 3.63) is 61.5 Å². The Labute approximate surface area is 140 Å². The molecule has 24 heavy (non-hydrogen) atoms. The summed E-state index contributed by atoms with van der Waals surface area (Å²) in [6.07, 6.45) is 0. The van der Waals surface area contributed by atoms with Gasteiger partial charge in [0.2, 0.25) is 0 Å². The monoisotopic (exact) mass is 345 g/mol. The summed E-state index contributed by atoms with van der Waals surface area (Å²) in [5.41, 5.74) is -1.60. The Hall–Kier alpha value is -2.74. The molecule has 2 heterocycles. The maximum absolute atomic E-state index is 12.6. The molecule has 0 aliphatic carbocycles. The van der Waals surface area contributed by atoms with Crippen LogP contribution in [0.2, 0.25) is 0 Å². The maximum atomic E-state index is 12.6. The van der Waals surface area contributed by atoms with Crippen molar-refractivity contribution in [2.45, 2.75) is 9.79 Å². The first-order chi connectivity index (χ1) is 11.3. The van der Waals surface area contributed by atoms with E-state index in [1.807, 2.05) is 18.2 Å². The first kappa shape index (κ1) is 16.1. The standard InChI is InChI=1S/C16H15N3O4S/c1-17-13-10(14(21)19(3)16(23)18(13)2)11(20)12(15(17)22)24-9-7-5-4-6-8-9/h4-8,20H,1-3H3. The van der Waals surface area contributed by atoms with E-state index in [4.69, 9.17) is 0 Å². The molecule has 0 radical (unpaired) electrons. The Bertz CT molecular complexity index is 1130. The SMILES string of the molecule is Cn1c(=O)c2c(O)c(Sc3ccccc3)c(=O)n(C)c2n(C)c1=O. The van der Waals surface area contributed by atoms with Gasteiger partial charge in [0.1, 0.15) is 15.9 Å². The zero-order chi connectivity index (χ0) is 17.6. The van der Waals surface area contributed by atoms with Gasteiger partial charge in [0.05, 0.1) is 0 Å². The summed E-state index contributed by atoms with van der Waals surface area (Å²) in [7, 11) is 4.25. The molecule has 3 rings (SSSR count). The van der Waals surface area contributed by atoms with Gasteiger partial charge in [-0.05, 0) is 12.1 Å². The van der Waals surface area contributed by atoms with Crippen molar-refractivity contribution in [3.8, 4) is 5.75 Å². The molecule has 8 heteroatoms. The number of aromatic nitrogens is 3. The van der Waals surface area contributed by atoms with E-state index in [0.29, 0.717) is 0 Å². The van der Waals surface area contributed by atoms with Gasteiger partial charge >= 0.3 is 5.69 Å². The van der Waals surface area contributed by atoms with E-state index in [1.54, 1.807) is 12.1 Å². The van der Waals surface area contributed by atoms with E-state index >= 15 is 0 Å². The van der Waals surface area contributed by atoms with Crippen LogP contribution < -0.4 is 16.8 Å². The molecule has 0 bridgehead atoms. The van der Waals surface area contributed by atoms with Crippen LogP contribution >= 0.6 is 11.8 Å². The van der Waals surface area contributed by atoms with Crippen LogP contribution in [-0.2, 0) is 21.1 Å². The van der Waals surface area contributed by atoms with Crippen LogP contribution in [0, 0.1) is 0 Å². The summed E-state index contributed by atoms with van der Waals surface area (Å²) in [6.45, 7) is 0. The van der Waals surface area contributed by atoms with Crippen LogP contribution in [-0.4, -0.2) is 18.8 Å². The normalized spacial score (nSPS) is 11.1. The van der Waals surface area contributed by atoms with Crippen LogP contribution in [0.15, 0.2) is 54.5 Å². The van der Waals surface area contributed by atoms with Gasteiger partial charge in [0.25, 0.3) is 11.1 Å². The van der Waals surface area contributed by atoms with E-state index in [9.17, 15) is 19.5 Å². The molecular weight excluding hydrogens is 330 g/mol. The van der Waals surface area contributed by atoms with E-state index in [1.165, 1.54) is 30.3 Å². The molecular formula is C16H15N3O4S. The predicted octanol–water partition coefficient (Wildman–Crippen LogP) is 0.793. The lowest BCUT2D eigenvalue weighted by Gasteiger charge is -2.14. The molecule has 0 atom stereocenters. The first-order valence-electron chi connectivity index (χ1n) is 7.09. The molecule has 0 fully saturated rings. The molecule has 2 aromatic heterocycles. The van der Waals surface area contributed by atoms with Crippen molar-refractivity contribution in [1.82, 2.24) is 13.7 Å². The zero-order valence-corrected chi connectivity index (χ0v) is 14.1. The Balaban J connectivity index is 2.45. The molecule has 0 amide bonds. The molecule has 0 spiro atoms. The molecule has 0 saturated carbocycles. The highest BCUT2D eigenvalue weighted by molar-refractivity contribution is 7.99. The molecule has 0 saturated heterocycles. The fourth-order valence-electron chi connectivity index (χ4n) is 2.60. The van der Waals surface area contributed by atoms with Crippen LogP contribution in [0.4, 0.5) is 0 Å². The first-order valence-corrected chi connectivity index (χ1v) is 7.90. The van der Waals surface area contributed by atoms with Gasteiger partial charge in [-0.3, -0.25) is 23.3 Å². The van der Waals surface area contributed by atoms with Crippen LogP contribution in [0.1, 0.15) is 0 Å². The quantitative estimate of drug-likeness (QED) is 0.742. The summed E-state index contributed by atoms with van der Waals surface area (Å²) in [5, 5.41) is 10.5. The smallest absolute Gasteiger partial charge is 0.332 e. The molecule has 1 N–H and O–H groups in total. The van der Waals surface area contributed by atoms with Gasteiger partial charge in [-0.25, -0.2) is 4.79 Å². The molecule has 0 aliphatic rings. The molecule has 0 aliphatic heterocycles. The van der Waals surface area contributed by atoms with Crippen LogP contribution in [0.3, 0.4) is 0 Å². The molecule has 7 nitrogen and oxygen atoms in total. The maximum Gasteiger partial charge on any atom is 0.332 e. The lowest BCUT2D eigenvalue weighted by atomic mass is 10.3. The molecule has 124 valence electrons. The molecule has 1 aromatic carbocycles. The van der Waals surface area contributed by atoms with E-state index < -0.39 is 22.6 Å². The van der Waals surface area contributed by atoms with E-state index in [2.05, 4.69) is 0 Å². The van der Waals surface area contributed by atoms with E-state index in [-0.39, 0.29) is 15.9 Å². The van der Waals surface area contributed by atoms with Crippen LogP contribution in [0.5, 0.6) is 5.75 Å². The topological polar surface area (TPSA) is 86.2 Å². The highest BCUT2D eigenvalue weighted by Crippen LogP contribution is 2.34. The Morgan fingerprint density at radius 2 is 1.50 bits per heavy atom. The van der Waals surface area contributed by atoms with Crippen molar-refractivity contribution in [1.29, 1.82) is 0 Å². The average molecular weight is 345 g/mol. The number of pyridine rings is 1. The lowest BCUT2D eigenvalue weighted by Crippen LogP contribution is -2.39. The zero-order valence-electron chi connectivity index (χ0n) is 13.3. The van der Waals surface area contributed by atoms with Crippen LogP contribution in [0.25, 0.3) is 11.0 Å². The second-order valence-electron chi connectivity index (χ2n) is 5.36. The third-order valence-corrected chi connectivity index (χ3v) is 4.95. The average Bonchev–Trinajstić information content (AvgIpc) is 2.59. The third kappa shape index (κ3) is 2.26. The fourth-order valence-corrected chi connectivity index (χ4v) is 3.55. The second-order valence-corrected chi connectivity index (χ2v) is 6.45. The number of rotatable bonds is 2. The summed E-state index contributed by atoms with van der Waals surface area (Å²) in [5.74, 6) is -0.404. The summed E-state index contributed by atoms with van der Waals surface area (Å²) in [6, 6.07) is 9.06. The number of fused-ring (bicyclic) bond motifs is 1. The Morgan fingerprint density at radius 3 is 2.12 bits per heavy atom. The number of hydrogen-bond donors (Lipinski definition) is 1. The lowest BCUT2D eigenvalue weighted by molar-refractivity contribution is 0.462. The number of aryl methyl sites for hydroxylation is 2. The summed E-state index contributed by atoms with van der Waals surface area (Å²) < 4.78 is 3.29. The Morgan fingerprint density at radius 1 is 0.875 bits per heavy atom. The minimum absolute atomic E-state index is 0.0481. The highest BCUT2D eigenvalue weighted by atomic mass is 32.2. The third-order valence-electron chi connectivity index (χ3n) is 3.87. The number of aromatic hydroxyl groups is 1. The highest BCUT2D eigenvalue weighted by Gasteiger charge is 2.21. The summed E-state index contributed by atoms with van der Waals surface area (Å²) in [4.78, 5) is 38.0. The number of nitrogens with zero attached hydrogens (tertiary/aromatic N) is 3. The number of benzene rings is 1. The minimum atomic E-state index is -0.642. The largest absolute Gasteiger partial charge is 0.506 e. The minimum Gasteiger partial charge on any atom is -0.506 e. The molecule has 0 unspecified atom stereocenters. The van der Waals surface area contributed by atoms with Gasteiger partial charge in [0, 0.05) is 26.0 Å². The van der Waals surface area contributed by atoms with Crippen molar-refractivity contribution in [2.24, 2.45) is 21.1 Å². The van der Waals surface area contributed by atoms with Crippen molar-refractivity contribution < 1.29 is 5.11 Å². The van der Waals surface area contributed by atoms with Crippen molar-refractivity contribution >= 4 is 22.8 Å². The fraction of sp³-hybridized carbons (Fsp3) is 0.188. The van der Waals surface area contributed by atoms with Gasteiger partial charge < -0.3 is 5.11 Å². The molecule has 3 aromatic rings. The van der Waals surface area contributed by atoms with Gasteiger partial charge in [-0.15, -0.1) is 0 Å². The number of hydrogen-bond acceptors (Lipinski definition) is 5. The van der Waals surface area contributed by atoms with Gasteiger partial charge in [-0.1, -0.05) is 30.0 Å². The predicted molar refractivity (Wildman–Crippen MR) is 91.9 cm³/mol. The second kappa shape index (κ2) is 5.72. The Kier molecular flexibility index (Phi) is 3.84. The van der Waals surface area contributed by atoms with Gasteiger partial charge in [-0.2, -0.15) is 0 Å². The van der Waals surface area contributed by atoms with Gasteiger partial charge in [0.15, 0.2) is 5.75 Å². The van der Waals surface area contributed by atoms with Crippen molar-refractivity contribution in [3.63, 3.8) is 0 Å². The van der Waals surface area contributed by atoms with Crippen molar-refractivity contribution in [2.75, 3.05) is 0 Å². The van der Waals surface area contributed by atoms with E-state index in [0.717, 1.165) is 21.2 Å².